The second-order valence-corrected chi connectivity index (χ2v) is 8.12. The van der Waals surface area contributed by atoms with Crippen molar-refractivity contribution in [3.63, 3.8) is 0 Å². The van der Waals surface area contributed by atoms with Gasteiger partial charge in [-0.3, -0.25) is 15.0 Å². The molecule has 1 saturated carbocycles. The van der Waals surface area contributed by atoms with Crippen molar-refractivity contribution in [2.45, 2.75) is 32.1 Å². The number of amidine groups is 1. The molecular weight excluding hydrogens is 380 g/mol. The molecule has 2 aliphatic rings. The number of amides is 2. The lowest BCUT2D eigenvalue weighted by atomic mass is 9.63. The Kier molecular flexibility index (Phi) is 5.74. The van der Waals surface area contributed by atoms with Gasteiger partial charge in [-0.05, 0) is 55.4 Å². The quantitative estimate of drug-likeness (QED) is 0.401. The Bertz CT molecular complexity index is 988. The standard InChI is InChI=1S/C22H26N6O2/c23-19(28-10-8-22(9-11-28)6-1-7-22)4-5-20(29)25-14-21(30)27-17-3-2-16-13-24-15-26-18(16)12-17/h2-5,12-13,15,23H,1,6-11,14H2,(H,25,29)(H,27,30)/b5-4-,23-19?. The number of rotatable bonds is 5. The van der Waals surface area contributed by atoms with Gasteiger partial charge < -0.3 is 15.5 Å². The van der Waals surface area contributed by atoms with Gasteiger partial charge in [-0.1, -0.05) is 6.42 Å². The summed E-state index contributed by atoms with van der Waals surface area (Å²) in [6.45, 7) is 1.61. The molecular formula is C22H26N6O2. The van der Waals surface area contributed by atoms with Gasteiger partial charge in [-0.15, -0.1) is 0 Å². The SMILES string of the molecule is N=C(/C=C\C(=O)NCC(=O)Nc1ccc2cncnc2c1)N1CCC2(CCC2)CC1. The summed E-state index contributed by atoms with van der Waals surface area (Å²) in [5.74, 6) is -0.377. The van der Waals surface area contributed by atoms with E-state index >= 15 is 0 Å². The second kappa shape index (κ2) is 8.61. The van der Waals surface area contributed by atoms with Crippen molar-refractivity contribution in [3.8, 4) is 0 Å². The number of hydrogen-bond donors (Lipinski definition) is 3. The maximum atomic E-state index is 12.1. The van der Waals surface area contributed by atoms with Crippen LogP contribution in [0.1, 0.15) is 32.1 Å². The van der Waals surface area contributed by atoms with Crippen molar-refractivity contribution in [1.29, 1.82) is 5.41 Å². The highest BCUT2D eigenvalue weighted by atomic mass is 16.2. The zero-order valence-electron chi connectivity index (χ0n) is 16.9. The summed E-state index contributed by atoms with van der Waals surface area (Å²) in [4.78, 5) is 34.2. The molecule has 0 unspecified atom stereocenters. The van der Waals surface area contributed by atoms with Crippen LogP contribution in [0.3, 0.4) is 0 Å². The molecule has 8 nitrogen and oxygen atoms in total. The average molecular weight is 406 g/mol. The molecule has 1 aromatic heterocycles. The lowest BCUT2D eigenvalue weighted by molar-refractivity contribution is -0.121. The van der Waals surface area contributed by atoms with Gasteiger partial charge in [-0.25, -0.2) is 9.97 Å². The fraction of sp³-hybridized carbons (Fsp3) is 0.409. The normalized spacial score (nSPS) is 17.7. The van der Waals surface area contributed by atoms with E-state index in [0.29, 0.717) is 16.9 Å². The van der Waals surface area contributed by atoms with Crippen molar-refractivity contribution in [1.82, 2.24) is 20.2 Å². The smallest absolute Gasteiger partial charge is 0.244 e. The summed E-state index contributed by atoms with van der Waals surface area (Å²) in [5.41, 5.74) is 1.87. The Hall–Kier alpha value is -3.29. The summed E-state index contributed by atoms with van der Waals surface area (Å²) in [6.07, 6.45) is 12.2. The van der Waals surface area contributed by atoms with Crippen molar-refractivity contribution in [2.75, 3.05) is 25.0 Å². The predicted octanol–water partition coefficient (Wildman–Crippen LogP) is 2.48. The molecule has 0 bridgehead atoms. The first kappa shape index (κ1) is 20.0. The van der Waals surface area contributed by atoms with Crippen molar-refractivity contribution < 1.29 is 9.59 Å². The molecule has 2 fully saturated rings. The molecule has 0 atom stereocenters. The molecule has 2 heterocycles. The van der Waals surface area contributed by atoms with E-state index in [0.717, 1.165) is 36.8 Å². The predicted molar refractivity (Wildman–Crippen MR) is 115 cm³/mol. The third-order valence-corrected chi connectivity index (χ3v) is 6.19. The molecule has 2 aromatic rings. The van der Waals surface area contributed by atoms with E-state index in [-0.39, 0.29) is 12.5 Å². The van der Waals surface area contributed by atoms with Crippen molar-refractivity contribution in [2.24, 2.45) is 5.41 Å². The van der Waals surface area contributed by atoms with Crippen LogP contribution in [0.4, 0.5) is 5.69 Å². The van der Waals surface area contributed by atoms with Crippen molar-refractivity contribution in [3.05, 3.63) is 42.9 Å². The first-order chi connectivity index (χ1) is 14.5. The summed E-state index contributed by atoms with van der Waals surface area (Å²) >= 11 is 0. The van der Waals surface area contributed by atoms with Gasteiger partial charge in [0.15, 0.2) is 0 Å². The molecule has 30 heavy (non-hydrogen) atoms. The molecule has 1 aliphatic heterocycles. The number of aromatic nitrogens is 2. The molecule has 1 spiro atoms. The number of hydrogen-bond acceptors (Lipinski definition) is 5. The third-order valence-electron chi connectivity index (χ3n) is 6.19. The summed E-state index contributed by atoms with van der Waals surface area (Å²) in [7, 11) is 0. The third kappa shape index (κ3) is 4.64. The minimum absolute atomic E-state index is 0.148. The topological polar surface area (TPSA) is 111 Å². The van der Waals surface area contributed by atoms with E-state index < -0.39 is 5.91 Å². The average Bonchev–Trinajstić information content (AvgIpc) is 2.75. The lowest BCUT2D eigenvalue weighted by Gasteiger charge is -2.48. The first-order valence-electron chi connectivity index (χ1n) is 10.3. The fourth-order valence-electron chi connectivity index (χ4n) is 4.14. The molecule has 3 N–H and O–H groups in total. The first-order valence-corrected chi connectivity index (χ1v) is 10.3. The second-order valence-electron chi connectivity index (χ2n) is 8.12. The van der Waals surface area contributed by atoms with Gasteiger partial charge in [0.1, 0.15) is 12.2 Å². The Morgan fingerprint density at radius 3 is 2.70 bits per heavy atom. The van der Waals surface area contributed by atoms with Crippen molar-refractivity contribution >= 4 is 34.2 Å². The molecule has 4 rings (SSSR count). The van der Waals surface area contributed by atoms with E-state index in [1.165, 1.54) is 37.7 Å². The zero-order valence-corrected chi connectivity index (χ0v) is 16.9. The molecule has 1 saturated heterocycles. The van der Waals surface area contributed by atoms with Crippen LogP contribution >= 0.6 is 0 Å². The number of nitrogens with zero attached hydrogens (tertiary/aromatic N) is 3. The monoisotopic (exact) mass is 406 g/mol. The van der Waals surface area contributed by atoms with Crippen LogP contribution in [0.25, 0.3) is 10.9 Å². The Labute approximate surface area is 175 Å². The summed E-state index contributed by atoms with van der Waals surface area (Å²) < 4.78 is 0. The largest absolute Gasteiger partial charge is 0.357 e. The number of benzene rings is 1. The fourth-order valence-corrected chi connectivity index (χ4v) is 4.14. The molecule has 8 heteroatoms. The Morgan fingerprint density at radius 1 is 1.17 bits per heavy atom. The number of anilines is 1. The van der Waals surface area contributed by atoms with Gasteiger partial charge >= 0.3 is 0 Å². The van der Waals surface area contributed by atoms with Gasteiger partial charge in [-0.2, -0.15) is 0 Å². The van der Waals surface area contributed by atoms with E-state index in [9.17, 15) is 9.59 Å². The number of carbonyl (C=O) groups excluding carboxylic acids is 2. The molecule has 1 aliphatic carbocycles. The van der Waals surface area contributed by atoms with Crippen LogP contribution in [0.2, 0.25) is 0 Å². The van der Waals surface area contributed by atoms with Crippen LogP contribution in [0.15, 0.2) is 42.9 Å². The van der Waals surface area contributed by atoms with Gasteiger partial charge in [0.25, 0.3) is 0 Å². The van der Waals surface area contributed by atoms with Gasteiger partial charge in [0.2, 0.25) is 11.8 Å². The minimum atomic E-state index is -0.395. The lowest BCUT2D eigenvalue weighted by Crippen LogP contribution is -2.45. The van der Waals surface area contributed by atoms with Gasteiger partial charge in [0.05, 0.1) is 12.1 Å². The molecule has 156 valence electrons. The zero-order chi connectivity index (χ0) is 21.0. The summed E-state index contributed by atoms with van der Waals surface area (Å²) in [5, 5.41) is 14.4. The molecule has 0 radical (unpaired) electrons. The number of nitrogens with one attached hydrogen (secondary N) is 3. The van der Waals surface area contributed by atoms with Crippen LogP contribution in [-0.2, 0) is 9.59 Å². The van der Waals surface area contributed by atoms with Crippen LogP contribution in [-0.4, -0.2) is 52.2 Å². The van der Waals surface area contributed by atoms with Gasteiger partial charge in [0, 0.05) is 36.4 Å². The van der Waals surface area contributed by atoms with E-state index in [1.54, 1.807) is 18.3 Å². The highest BCUT2D eigenvalue weighted by Crippen LogP contribution is 2.48. The number of piperidine rings is 1. The highest BCUT2D eigenvalue weighted by Gasteiger charge is 2.39. The van der Waals surface area contributed by atoms with Crippen LogP contribution < -0.4 is 10.6 Å². The Morgan fingerprint density at radius 2 is 1.97 bits per heavy atom. The maximum Gasteiger partial charge on any atom is 0.244 e. The summed E-state index contributed by atoms with van der Waals surface area (Å²) in [6, 6.07) is 5.34. The highest BCUT2D eigenvalue weighted by molar-refractivity contribution is 6.00. The van der Waals surface area contributed by atoms with Crippen LogP contribution in [0.5, 0.6) is 0 Å². The Balaban J connectivity index is 1.20. The van der Waals surface area contributed by atoms with E-state index in [2.05, 4.69) is 20.6 Å². The minimum Gasteiger partial charge on any atom is -0.357 e. The molecule has 1 aromatic carbocycles. The van der Waals surface area contributed by atoms with E-state index in [1.807, 2.05) is 11.0 Å². The molecule has 2 amide bonds. The number of carbonyl (C=O) groups is 2. The maximum absolute atomic E-state index is 12.1. The number of likely N-dealkylation sites (tertiary alicyclic amines) is 1. The van der Waals surface area contributed by atoms with E-state index in [4.69, 9.17) is 5.41 Å². The van der Waals surface area contributed by atoms with Crippen LogP contribution in [0, 0.1) is 10.8 Å². The number of fused-ring (bicyclic) bond motifs is 1.